The largest absolute Gasteiger partial charge is 0.380 e. The minimum absolute atomic E-state index is 0.0310. The van der Waals surface area contributed by atoms with Crippen molar-refractivity contribution in [3.63, 3.8) is 0 Å². The van der Waals surface area contributed by atoms with E-state index >= 15 is 0 Å². The fraction of sp³-hybridized carbons (Fsp3) is 0.667. The van der Waals surface area contributed by atoms with E-state index in [1.165, 1.54) is 9.75 Å². The molecule has 0 saturated carbocycles. The molecular formula is C15H24N2O2S. The van der Waals surface area contributed by atoms with Crippen molar-refractivity contribution < 1.29 is 9.53 Å². The van der Waals surface area contributed by atoms with Crippen LogP contribution in [0.15, 0.2) is 12.1 Å². The molecule has 1 saturated heterocycles. The Morgan fingerprint density at radius 1 is 1.55 bits per heavy atom. The summed E-state index contributed by atoms with van der Waals surface area (Å²) < 4.78 is 5.33. The van der Waals surface area contributed by atoms with E-state index in [2.05, 4.69) is 24.4 Å². The number of methoxy groups -OCH3 is 1. The third kappa shape index (κ3) is 2.75. The molecule has 1 aliphatic rings. The summed E-state index contributed by atoms with van der Waals surface area (Å²) in [5, 5.41) is 3.51. The van der Waals surface area contributed by atoms with Gasteiger partial charge in [-0.25, -0.2) is 0 Å². The maximum absolute atomic E-state index is 12.7. The average molecular weight is 296 g/mol. The Balaban J connectivity index is 2.29. The van der Waals surface area contributed by atoms with E-state index in [0.717, 1.165) is 6.42 Å². The highest BCUT2D eigenvalue weighted by Gasteiger charge is 2.47. The first-order valence-corrected chi connectivity index (χ1v) is 7.91. The SMILES string of the molecule is CCC1(C)NC(c2ccc(C)s2)N(CC(C)OC)C1=O. The van der Waals surface area contributed by atoms with E-state index in [4.69, 9.17) is 4.74 Å². The predicted molar refractivity (Wildman–Crippen MR) is 81.8 cm³/mol. The van der Waals surface area contributed by atoms with E-state index in [1.54, 1.807) is 18.4 Å². The lowest BCUT2D eigenvalue weighted by Gasteiger charge is -2.26. The van der Waals surface area contributed by atoms with Gasteiger partial charge in [0, 0.05) is 23.4 Å². The van der Waals surface area contributed by atoms with Crippen LogP contribution in [0, 0.1) is 6.92 Å². The number of thiophene rings is 1. The van der Waals surface area contributed by atoms with E-state index < -0.39 is 5.54 Å². The van der Waals surface area contributed by atoms with Gasteiger partial charge in [-0.2, -0.15) is 0 Å². The van der Waals surface area contributed by atoms with Gasteiger partial charge in [0.15, 0.2) is 0 Å². The topological polar surface area (TPSA) is 41.6 Å². The molecule has 1 fully saturated rings. The third-order valence-corrected chi connectivity index (χ3v) is 5.15. The van der Waals surface area contributed by atoms with Crippen molar-refractivity contribution in [2.75, 3.05) is 13.7 Å². The lowest BCUT2D eigenvalue weighted by Crippen LogP contribution is -2.43. The first kappa shape index (κ1) is 15.5. The quantitative estimate of drug-likeness (QED) is 0.908. The number of ether oxygens (including phenoxy) is 1. The van der Waals surface area contributed by atoms with E-state index in [1.807, 2.05) is 25.7 Å². The first-order chi connectivity index (χ1) is 9.41. The van der Waals surface area contributed by atoms with Crippen LogP contribution in [0.5, 0.6) is 0 Å². The Kier molecular flexibility index (Phi) is 4.52. The second-order valence-corrected chi connectivity index (χ2v) is 7.00. The van der Waals surface area contributed by atoms with Crippen molar-refractivity contribution in [1.29, 1.82) is 0 Å². The number of aryl methyl sites for hydroxylation is 1. The van der Waals surface area contributed by atoms with E-state index in [-0.39, 0.29) is 18.2 Å². The fourth-order valence-corrected chi connectivity index (χ4v) is 3.44. The standard InChI is InChI=1S/C15H24N2O2S/c1-6-15(4)14(18)17(9-10(2)19-5)13(16-15)12-8-7-11(3)20-12/h7-8,10,13,16H,6,9H2,1-5H3. The van der Waals surface area contributed by atoms with Crippen LogP contribution in [-0.2, 0) is 9.53 Å². The molecule has 0 aliphatic carbocycles. The van der Waals surface area contributed by atoms with Crippen LogP contribution in [0.3, 0.4) is 0 Å². The smallest absolute Gasteiger partial charge is 0.244 e. The van der Waals surface area contributed by atoms with Gasteiger partial charge in [-0.15, -0.1) is 11.3 Å². The highest BCUT2D eigenvalue weighted by Crippen LogP contribution is 2.35. The molecule has 5 heteroatoms. The van der Waals surface area contributed by atoms with Gasteiger partial charge >= 0.3 is 0 Å². The average Bonchev–Trinajstić information content (AvgIpc) is 2.96. The van der Waals surface area contributed by atoms with Gasteiger partial charge in [0.05, 0.1) is 11.6 Å². The number of carbonyl (C=O) groups excluding carboxylic acids is 1. The van der Waals surface area contributed by atoms with Crippen LogP contribution < -0.4 is 5.32 Å². The van der Waals surface area contributed by atoms with Crippen molar-refractivity contribution in [3.8, 4) is 0 Å². The molecule has 1 N–H and O–H groups in total. The van der Waals surface area contributed by atoms with Crippen LogP contribution in [0.2, 0.25) is 0 Å². The summed E-state index contributed by atoms with van der Waals surface area (Å²) in [5.41, 5.74) is -0.476. The Bertz CT molecular complexity index is 488. The highest BCUT2D eigenvalue weighted by atomic mass is 32.1. The number of carbonyl (C=O) groups is 1. The molecule has 1 aromatic heterocycles. The third-order valence-electron chi connectivity index (χ3n) is 4.09. The lowest BCUT2D eigenvalue weighted by atomic mass is 9.99. The van der Waals surface area contributed by atoms with Crippen LogP contribution in [0.1, 0.15) is 43.1 Å². The minimum Gasteiger partial charge on any atom is -0.380 e. The monoisotopic (exact) mass is 296 g/mol. The summed E-state index contributed by atoms with van der Waals surface area (Å²) in [6, 6.07) is 4.21. The van der Waals surface area contributed by atoms with Crippen molar-refractivity contribution in [2.24, 2.45) is 0 Å². The van der Waals surface area contributed by atoms with Crippen molar-refractivity contribution >= 4 is 17.2 Å². The normalized spacial score (nSPS) is 28.1. The molecule has 112 valence electrons. The minimum atomic E-state index is -0.476. The molecule has 0 aromatic carbocycles. The van der Waals surface area contributed by atoms with Crippen molar-refractivity contribution in [3.05, 3.63) is 21.9 Å². The summed E-state index contributed by atoms with van der Waals surface area (Å²) in [7, 11) is 1.68. The molecular weight excluding hydrogens is 272 g/mol. The summed E-state index contributed by atoms with van der Waals surface area (Å²) in [6.07, 6.45) is 0.775. The molecule has 1 aromatic rings. The predicted octanol–water partition coefficient (Wildman–Crippen LogP) is 2.69. The van der Waals surface area contributed by atoms with Crippen molar-refractivity contribution in [1.82, 2.24) is 10.2 Å². The van der Waals surface area contributed by atoms with Gasteiger partial charge in [0.25, 0.3) is 0 Å². The summed E-state index contributed by atoms with van der Waals surface area (Å²) in [5.74, 6) is 0.167. The van der Waals surface area contributed by atoms with E-state index in [0.29, 0.717) is 6.54 Å². The zero-order valence-corrected chi connectivity index (χ0v) is 13.7. The molecule has 2 rings (SSSR count). The Morgan fingerprint density at radius 3 is 2.75 bits per heavy atom. The lowest BCUT2D eigenvalue weighted by molar-refractivity contribution is -0.134. The molecule has 0 bridgehead atoms. The summed E-state index contributed by atoms with van der Waals surface area (Å²) in [6.45, 7) is 8.72. The molecule has 1 amide bonds. The number of hydrogen-bond acceptors (Lipinski definition) is 4. The molecule has 0 radical (unpaired) electrons. The van der Waals surface area contributed by atoms with Gasteiger partial charge in [0.2, 0.25) is 5.91 Å². The molecule has 3 unspecified atom stereocenters. The van der Waals surface area contributed by atoms with Gasteiger partial charge in [-0.05, 0) is 39.3 Å². The molecule has 3 atom stereocenters. The van der Waals surface area contributed by atoms with Gasteiger partial charge in [-0.1, -0.05) is 6.92 Å². The highest BCUT2D eigenvalue weighted by molar-refractivity contribution is 7.12. The zero-order chi connectivity index (χ0) is 14.9. The second kappa shape index (κ2) is 5.84. The van der Waals surface area contributed by atoms with Crippen molar-refractivity contribution in [2.45, 2.75) is 51.9 Å². The zero-order valence-electron chi connectivity index (χ0n) is 12.9. The maximum atomic E-state index is 12.7. The van der Waals surface area contributed by atoms with Crippen LogP contribution >= 0.6 is 11.3 Å². The second-order valence-electron chi connectivity index (χ2n) is 5.68. The number of amides is 1. The molecule has 2 heterocycles. The van der Waals surface area contributed by atoms with Gasteiger partial charge < -0.3 is 9.64 Å². The molecule has 0 spiro atoms. The summed E-state index contributed by atoms with van der Waals surface area (Å²) in [4.78, 5) is 17.1. The number of rotatable bonds is 5. The Morgan fingerprint density at radius 2 is 2.25 bits per heavy atom. The maximum Gasteiger partial charge on any atom is 0.244 e. The number of nitrogens with one attached hydrogen (secondary N) is 1. The molecule has 1 aliphatic heterocycles. The fourth-order valence-electron chi connectivity index (χ4n) is 2.49. The first-order valence-electron chi connectivity index (χ1n) is 7.09. The Labute approximate surface area is 125 Å². The van der Waals surface area contributed by atoms with Crippen LogP contribution in [0.25, 0.3) is 0 Å². The Hall–Kier alpha value is -0.910. The van der Waals surface area contributed by atoms with E-state index in [9.17, 15) is 4.79 Å². The number of hydrogen-bond donors (Lipinski definition) is 1. The van der Waals surface area contributed by atoms with Gasteiger partial charge in [0.1, 0.15) is 6.17 Å². The van der Waals surface area contributed by atoms with Crippen LogP contribution in [0.4, 0.5) is 0 Å². The van der Waals surface area contributed by atoms with Crippen LogP contribution in [-0.4, -0.2) is 36.1 Å². The summed E-state index contributed by atoms with van der Waals surface area (Å²) >= 11 is 1.74. The van der Waals surface area contributed by atoms with Gasteiger partial charge in [-0.3, -0.25) is 10.1 Å². The molecule has 20 heavy (non-hydrogen) atoms. The molecule has 4 nitrogen and oxygen atoms in total. The number of nitrogens with zero attached hydrogens (tertiary/aromatic N) is 1.